The van der Waals surface area contributed by atoms with E-state index in [9.17, 15) is 0 Å². The van der Waals surface area contributed by atoms with Crippen molar-refractivity contribution in [2.24, 2.45) is 5.92 Å². The summed E-state index contributed by atoms with van der Waals surface area (Å²) in [7, 11) is 0. The Morgan fingerprint density at radius 2 is 1.95 bits per heavy atom. The Morgan fingerprint density at radius 1 is 1.15 bits per heavy atom. The second-order valence-electron chi connectivity index (χ2n) is 5.53. The lowest BCUT2D eigenvalue weighted by Crippen LogP contribution is -2.15. The van der Waals surface area contributed by atoms with E-state index in [1.807, 2.05) is 36.5 Å². The van der Waals surface area contributed by atoms with Gasteiger partial charge >= 0.3 is 0 Å². The lowest BCUT2D eigenvalue weighted by Gasteiger charge is -2.04. The van der Waals surface area contributed by atoms with Crippen molar-refractivity contribution in [3.05, 3.63) is 42.2 Å². The first-order valence-electron chi connectivity index (χ1n) is 7.43. The normalized spacial score (nSPS) is 11.2. The summed E-state index contributed by atoms with van der Waals surface area (Å²) in [5.41, 5.74) is 1.98. The van der Waals surface area contributed by atoms with Crippen LogP contribution in [0.25, 0.3) is 5.69 Å². The van der Waals surface area contributed by atoms with Crippen molar-refractivity contribution in [1.82, 2.24) is 20.3 Å². The minimum atomic E-state index is 0.786. The van der Waals surface area contributed by atoms with Crippen LogP contribution >= 0.6 is 0 Å². The van der Waals surface area contributed by atoms with Gasteiger partial charge in [0.25, 0.3) is 0 Å². The molecule has 0 bridgehead atoms. The zero-order chi connectivity index (χ0) is 14.2. The summed E-state index contributed by atoms with van der Waals surface area (Å²) >= 11 is 0. The van der Waals surface area contributed by atoms with Crippen LogP contribution in [0.1, 0.15) is 38.8 Å². The fraction of sp³-hybridized carbons (Fsp3) is 0.500. The van der Waals surface area contributed by atoms with Crippen molar-refractivity contribution in [2.45, 2.75) is 39.7 Å². The van der Waals surface area contributed by atoms with Gasteiger partial charge in [-0.15, -0.1) is 0 Å². The molecule has 0 aliphatic carbocycles. The van der Waals surface area contributed by atoms with Crippen molar-refractivity contribution in [2.75, 3.05) is 6.54 Å². The molecule has 108 valence electrons. The molecule has 0 amide bonds. The van der Waals surface area contributed by atoms with Crippen LogP contribution in [0.3, 0.4) is 0 Å². The van der Waals surface area contributed by atoms with E-state index in [0.29, 0.717) is 0 Å². The Morgan fingerprint density at radius 3 is 2.70 bits per heavy atom. The maximum atomic E-state index is 4.47. The van der Waals surface area contributed by atoms with Crippen molar-refractivity contribution in [3.63, 3.8) is 0 Å². The molecule has 0 unspecified atom stereocenters. The zero-order valence-corrected chi connectivity index (χ0v) is 12.4. The Kier molecular flexibility index (Phi) is 5.74. The molecule has 0 aliphatic heterocycles. The van der Waals surface area contributed by atoms with Crippen LogP contribution < -0.4 is 5.32 Å². The van der Waals surface area contributed by atoms with Crippen molar-refractivity contribution in [1.29, 1.82) is 0 Å². The zero-order valence-electron chi connectivity index (χ0n) is 12.4. The molecule has 20 heavy (non-hydrogen) atoms. The number of unbranched alkanes of at least 4 members (excludes halogenated alkanes) is 1. The number of para-hydroxylation sites is 1. The van der Waals surface area contributed by atoms with Crippen LogP contribution in [-0.2, 0) is 6.54 Å². The largest absolute Gasteiger partial charge is 0.311 e. The average Bonchev–Trinajstić information content (AvgIpc) is 2.92. The monoisotopic (exact) mass is 272 g/mol. The first kappa shape index (κ1) is 14.7. The van der Waals surface area contributed by atoms with Gasteiger partial charge in [-0.2, -0.15) is 15.0 Å². The fourth-order valence-corrected chi connectivity index (χ4v) is 2.08. The molecular weight excluding hydrogens is 248 g/mol. The molecule has 2 aromatic rings. The van der Waals surface area contributed by atoms with Crippen LogP contribution in [-0.4, -0.2) is 21.5 Å². The minimum absolute atomic E-state index is 0.786. The predicted octanol–water partition coefficient (Wildman–Crippen LogP) is 3.18. The molecule has 4 nitrogen and oxygen atoms in total. The molecule has 0 radical (unpaired) electrons. The van der Waals surface area contributed by atoms with E-state index in [4.69, 9.17) is 0 Å². The highest BCUT2D eigenvalue weighted by molar-refractivity contribution is 5.28. The van der Waals surface area contributed by atoms with Gasteiger partial charge in [0.1, 0.15) is 0 Å². The van der Waals surface area contributed by atoms with Gasteiger partial charge in [-0.3, -0.25) is 0 Å². The highest BCUT2D eigenvalue weighted by atomic mass is 15.5. The molecule has 0 saturated carbocycles. The van der Waals surface area contributed by atoms with E-state index in [1.165, 1.54) is 19.3 Å². The summed E-state index contributed by atoms with van der Waals surface area (Å²) < 4.78 is 0. The van der Waals surface area contributed by atoms with Gasteiger partial charge in [-0.1, -0.05) is 44.9 Å². The molecule has 1 aromatic carbocycles. The summed E-state index contributed by atoms with van der Waals surface area (Å²) in [6.45, 7) is 6.38. The highest BCUT2D eigenvalue weighted by Gasteiger charge is 2.02. The van der Waals surface area contributed by atoms with Crippen LogP contribution in [0, 0.1) is 5.92 Å². The molecule has 0 atom stereocenters. The third kappa shape index (κ3) is 4.78. The second-order valence-corrected chi connectivity index (χ2v) is 5.53. The van der Waals surface area contributed by atoms with E-state index in [0.717, 1.165) is 30.4 Å². The number of nitrogens with zero attached hydrogens (tertiary/aromatic N) is 3. The van der Waals surface area contributed by atoms with Crippen LogP contribution in [0.15, 0.2) is 36.5 Å². The Labute approximate surface area is 121 Å². The molecule has 1 N–H and O–H groups in total. The second kappa shape index (κ2) is 7.80. The fourth-order valence-electron chi connectivity index (χ4n) is 2.08. The van der Waals surface area contributed by atoms with Gasteiger partial charge < -0.3 is 5.32 Å². The highest BCUT2D eigenvalue weighted by Crippen LogP contribution is 2.06. The lowest BCUT2D eigenvalue weighted by molar-refractivity contribution is 0.519. The number of hydrogen-bond donors (Lipinski definition) is 1. The van der Waals surface area contributed by atoms with E-state index in [-0.39, 0.29) is 0 Å². The van der Waals surface area contributed by atoms with E-state index in [2.05, 4.69) is 29.4 Å². The van der Waals surface area contributed by atoms with Gasteiger partial charge in [0, 0.05) is 6.54 Å². The number of rotatable bonds is 8. The third-order valence-corrected chi connectivity index (χ3v) is 3.22. The number of hydrogen-bond acceptors (Lipinski definition) is 3. The molecule has 2 rings (SSSR count). The summed E-state index contributed by atoms with van der Waals surface area (Å²) in [5, 5.41) is 12.2. The standard InChI is InChI=1S/C16H24N4/c1-14(2)8-6-7-11-17-12-15-13-18-20(19-15)16-9-4-3-5-10-16/h3-5,9-10,13-14,17H,6-8,11-12H2,1-2H3. The van der Waals surface area contributed by atoms with Crippen LogP contribution in [0.5, 0.6) is 0 Å². The van der Waals surface area contributed by atoms with Crippen molar-refractivity contribution >= 4 is 0 Å². The first-order chi connectivity index (χ1) is 9.75. The summed E-state index contributed by atoms with van der Waals surface area (Å²) in [6.07, 6.45) is 5.66. The molecule has 4 heteroatoms. The predicted molar refractivity (Wildman–Crippen MR) is 81.8 cm³/mol. The van der Waals surface area contributed by atoms with Gasteiger partial charge in [-0.25, -0.2) is 0 Å². The summed E-state index contributed by atoms with van der Waals surface area (Å²) in [5.74, 6) is 0.806. The number of benzene rings is 1. The Hall–Kier alpha value is -1.68. The van der Waals surface area contributed by atoms with Crippen LogP contribution in [0.2, 0.25) is 0 Å². The van der Waals surface area contributed by atoms with E-state index >= 15 is 0 Å². The molecule has 0 fully saturated rings. The smallest absolute Gasteiger partial charge is 0.0969 e. The Bertz CT molecular complexity index is 490. The number of nitrogens with one attached hydrogen (secondary N) is 1. The average molecular weight is 272 g/mol. The van der Waals surface area contributed by atoms with Gasteiger partial charge in [0.05, 0.1) is 17.6 Å². The maximum Gasteiger partial charge on any atom is 0.0969 e. The lowest BCUT2D eigenvalue weighted by atomic mass is 10.1. The molecule has 1 aromatic heterocycles. The maximum absolute atomic E-state index is 4.47. The molecule has 0 aliphatic rings. The Balaban J connectivity index is 1.71. The van der Waals surface area contributed by atoms with Crippen molar-refractivity contribution in [3.8, 4) is 5.69 Å². The van der Waals surface area contributed by atoms with Crippen molar-refractivity contribution < 1.29 is 0 Å². The van der Waals surface area contributed by atoms with E-state index < -0.39 is 0 Å². The van der Waals surface area contributed by atoms with E-state index in [1.54, 1.807) is 4.80 Å². The molecule has 0 saturated heterocycles. The van der Waals surface area contributed by atoms with Gasteiger partial charge in [-0.05, 0) is 31.0 Å². The first-order valence-corrected chi connectivity index (χ1v) is 7.43. The summed E-state index contributed by atoms with van der Waals surface area (Å²) in [6, 6.07) is 9.98. The SMILES string of the molecule is CC(C)CCCCNCc1cnn(-c2ccccc2)n1. The number of aromatic nitrogens is 3. The van der Waals surface area contributed by atoms with Gasteiger partial charge in [0.15, 0.2) is 0 Å². The van der Waals surface area contributed by atoms with Crippen LogP contribution in [0.4, 0.5) is 0 Å². The molecule has 1 heterocycles. The third-order valence-electron chi connectivity index (χ3n) is 3.22. The molecular formula is C16H24N4. The van der Waals surface area contributed by atoms with Gasteiger partial charge in [0.2, 0.25) is 0 Å². The topological polar surface area (TPSA) is 42.7 Å². The minimum Gasteiger partial charge on any atom is -0.311 e. The quantitative estimate of drug-likeness (QED) is 0.750. The summed E-state index contributed by atoms with van der Waals surface area (Å²) in [4.78, 5) is 1.68. The molecule has 0 spiro atoms.